The van der Waals surface area contributed by atoms with Crippen LogP contribution in [-0.4, -0.2) is 41.4 Å². The van der Waals surface area contributed by atoms with Crippen LogP contribution in [0.5, 0.6) is 0 Å². The summed E-state index contributed by atoms with van der Waals surface area (Å²) in [5.74, 6) is -1.51. The number of hydrogen-bond acceptors (Lipinski definition) is 3. The van der Waals surface area contributed by atoms with Crippen LogP contribution in [0.3, 0.4) is 0 Å². The third-order valence-corrected chi connectivity index (χ3v) is 4.24. The van der Waals surface area contributed by atoms with Gasteiger partial charge in [0.05, 0.1) is 0 Å². The van der Waals surface area contributed by atoms with Crippen LogP contribution in [0.2, 0.25) is 0 Å². The summed E-state index contributed by atoms with van der Waals surface area (Å²) in [6.45, 7) is 1.90. The fourth-order valence-electron chi connectivity index (χ4n) is 2.51. The molecule has 0 fully saturated rings. The third-order valence-electron chi connectivity index (χ3n) is 4.24. The molecule has 0 aliphatic heterocycles. The number of likely N-dealkylation sites (N-methyl/N-ethyl adjacent to an activating group) is 1. The molecule has 30 heavy (non-hydrogen) atoms. The monoisotopic (exact) mass is 417 g/mol. The predicted molar refractivity (Wildman–Crippen MR) is 125 cm³/mol. The Hall–Kier alpha value is -2.63. The fourth-order valence-corrected chi connectivity index (χ4v) is 2.51. The van der Waals surface area contributed by atoms with Crippen molar-refractivity contribution >= 4 is 17.8 Å². The molecule has 6 nitrogen and oxygen atoms in total. The summed E-state index contributed by atoms with van der Waals surface area (Å²) < 4.78 is 0. The minimum Gasteiger partial charge on any atom is -0.480 e. The molecule has 0 bridgehead atoms. The lowest BCUT2D eigenvalue weighted by Crippen LogP contribution is -2.43. The summed E-state index contributed by atoms with van der Waals surface area (Å²) in [6.07, 6.45) is 27.0. The van der Waals surface area contributed by atoms with Crippen molar-refractivity contribution in [3.8, 4) is 0 Å². The summed E-state index contributed by atoms with van der Waals surface area (Å²) in [4.78, 5) is 23.5. The quantitative estimate of drug-likeness (QED) is 0.139. The van der Waals surface area contributed by atoms with Crippen molar-refractivity contribution in [2.24, 2.45) is 0 Å². The maximum atomic E-state index is 11.7. The van der Waals surface area contributed by atoms with Gasteiger partial charge in [0.2, 0.25) is 5.91 Å². The summed E-state index contributed by atoms with van der Waals surface area (Å²) in [5.41, 5.74) is 0. The van der Waals surface area contributed by atoms with E-state index in [0.717, 1.165) is 25.7 Å². The Kier molecular flexibility index (Phi) is 18.0. The number of nitrogens with one attached hydrogen (secondary N) is 2. The molecule has 0 unspecified atom stereocenters. The van der Waals surface area contributed by atoms with E-state index in [-0.39, 0.29) is 18.4 Å². The molecule has 0 aromatic rings. The molecule has 0 spiro atoms. The molecule has 0 aliphatic rings. The standard InChI is InChI=1S/C24H39N3O3/c1-3-4-5-6-7-8-9-10-11-12-13-14-15-16-17-18-19-20-22(28)26-24(25)27(2)21-23(29)30/h7-8,10-11,13-14,16-17H,3-6,9,12,15,18-21H2,1-2H3,(H,29,30)(H2,25,26,28)/b8-7?,11-10?,14-13-,17-16-. The summed E-state index contributed by atoms with van der Waals surface area (Å²) >= 11 is 0. The van der Waals surface area contributed by atoms with Gasteiger partial charge in [0, 0.05) is 13.5 Å². The van der Waals surface area contributed by atoms with E-state index in [2.05, 4.69) is 60.8 Å². The molecule has 6 heteroatoms. The molecular formula is C24H39N3O3. The number of hydrogen-bond donors (Lipinski definition) is 3. The first-order chi connectivity index (χ1) is 14.5. The van der Waals surface area contributed by atoms with Crippen molar-refractivity contribution in [1.82, 2.24) is 10.2 Å². The Labute approximate surface area is 181 Å². The molecule has 0 saturated heterocycles. The smallest absolute Gasteiger partial charge is 0.323 e. The zero-order valence-corrected chi connectivity index (χ0v) is 18.6. The number of nitrogens with zero attached hydrogens (tertiary/aromatic N) is 1. The van der Waals surface area contributed by atoms with Gasteiger partial charge in [-0.15, -0.1) is 0 Å². The highest BCUT2D eigenvalue weighted by molar-refractivity contribution is 5.96. The molecule has 0 aromatic carbocycles. The molecular weight excluding hydrogens is 378 g/mol. The van der Waals surface area contributed by atoms with Crippen LogP contribution in [0.15, 0.2) is 48.6 Å². The number of guanidine groups is 1. The summed E-state index contributed by atoms with van der Waals surface area (Å²) in [5, 5.41) is 18.7. The van der Waals surface area contributed by atoms with Gasteiger partial charge in [-0.05, 0) is 44.9 Å². The lowest BCUT2D eigenvalue weighted by atomic mass is 10.2. The van der Waals surface area contributed by atoms with Crippen LogP contribution in [0.1, 0.15) is 71.1 Å². The van der Waals surface area contributed by atoms with Gasteiger partial charge in [0.15, 0.2) is 5.96 Å². The molecule has 0 aromatic heterocycles. The van der Waals surface area contributed by atoms with E-state index in [0.29, 0.717) is 12.8 Å². The Bertz CT molecular complexity index is 607. The zero-order chi connectivity index (χ0) is 22.5. The Morgan fingerprint density at radius 1 is 0.867 bits per heavy atom. The highest BCUT2D eigenvalue weighted by Crippen LogP contribution is 2.01. The lowest BCUT2D eigenvalue weighted by molar-refractivity contribution is -0.137. The van der Waals surface area contributed by atoms with Gasteiger partial charge in [0.25, 0.3) is 0 Å². The first-order valence-corrected chi connectivity index (χ1v) is 10.9. The molecule has 168 valence electrons. The fraction of sp³-hybridized carbons (Fsp3) is 0.542. The highest BCUT2D eigenvalue weighted by atomic mass is 16.4. The second-order valence-corrected chi connectivity index (χ2v) is 7.13. The van der Waals surface area contributed by atoms with Gasteiger partial charge in [-0.1, -0.05) is 68.4 Å². The number of allylic oxidation sites excluding steroid dienone is 8. The molecule has 3 N–H and O–H groups in total. The molecule has 0 atom stereocenters. The molecule has 0 rings (SSSR count). The minimum absolute atomic E-state index is 0.194. The predicted octanol–water partition coefficient (Wildman–Crippen LogP) is 5.20. The number of carboxylic acids is 1. The number of amides is 1. The number of unbranched alkanes of at least 4 members (excludes halogenated alkanes) is 4. The van der Waals surface area contributed by atoms with Gasteiger partial charge in [0.1, 0.15) is 6.54 Å². The van der Waals surface area contributed by atoms with Crippen LogP contribution in [0.25, 0.3) is 0 Å². The van der Waals surface area contributed by atoms with Crippen molar-refractivity contribution in [2.75, 3.05) is 13.6 Å². The van der Waals surface area contributed by atoms with Crippen molar-refractivity contribution in [1.29, 1.82) is 5.41 Å². The molecule has 0 heterocycles. The lowest BCUT2D eigenvalue weighted by Gasteiger charge is -2.17. The Morgan fingerprint density at radius 2 is 1.37 bits per heavy atom. The van der Waals surface area contributed by atoms with E-state index in [1.54, 1.807) is 0 Å². The van der Waals surface area contributed by atoms with Crippen LogP contribution < -0.4 is 5.32 Å². The van der Waals surface area contributed by atoms with Gasteiger partial charge >= 0.3 is 5.97 Å². The van der Waals surface area contributed by atoms with E-state index in [4.69, 9.17) is 10.5 Å². The zero-order valence-electron chi connectivity index (χ0n) is 18.6. The maximum Gasteiger partial charge on any atom is 0.323 e. The van der Waals surface area contributed by atoms with Crippen molar-refractivity contribution in [3.05, 3.63) is 48.6 Å². The topological polar surface area (TPSA) is 93.5 Å². The minimum atomic E-state index is -1.04. The average Bonchev–Trinajstić information content (AvgIpc) is 2.69. The second-order valence-electron chi connectivity index (χ2n) is 7.13. The van der Waals surface area contributed by atoms with Gasteiger partial charge < -0.3 is 10.0 Å². The number of carbonyl (C=O) groups excluding carboxylic acids is 1. The van der Waals surface area contributed by atoms with E-state index >= 15 is 0 Å². The van der Waals surface area contributed by atoms with E-state index < -0.39 is 5.97 Å². The SMILES string of the molecule is CCCCCC=CCC=CC/C=C\C/C=C\CCCC(=O)NC(=N)N(C)CC(=O)O. The van der Waals surface area contributed by atoms with Crippen LogP contribution in [0, 0.1) is 5.41 Å². The Morgan fingerprint density at radius 3 is 1.87 bits per heavy atom. The molecule has 0 radical (unpaired) electrons. The maximum absolute atomic E-state index is 11.7. The number of aliphatic carboxylic acids is 1. The second kappa shape index (κ2) is 19.7. The van der Waals surface area contributed by atoms with Crippen LogP contribution in [0.4, 0.5) is 0 Å². The summed E-state index contributed by atoms with van der Waals surface area (Å²) in [6, 6.07) is 0. The van der Waals surface area contributed by atoms with Gasteiger partial charge in [-0.3, -0.25) is 20.3 Å². The normalized spacial score (nSPS) is 11.8. The van der Waals surface area contributed by atoms with Gasteiger partial charge in [-0.25, -0.2) is 0 Å². The average molecular weight is 418 g/mol. The van der Waals surface area contributed by atoms with Crippen LogP contribution >= 0.6 is 0 Å². The Balaban J connectivity index is 3.68. The molecule has 1 amide bonds. The van der Waals surface area contributed by atoms with E-state index in [1.165, 1.54) is 37.6 Å². The van der Waals surface area contributed by atoms with Crippen molar-refractivity contribution < 1.29 is 14.7 Å². The molecule has 0 aliphatic carbocycles. The van der Waals surface area contributed by atoms with Crippen LogP contribution in [-0.2, 0) is 9.59 Å². The van der Waals surface area contributed by atoms with E-state index in [9.17, 15) is 9.59 Å². The van der Waals surface area contributed by atoms with Crippen molar-refractivity contribution in [3.63, 3.8) is 0 Å². The first kappa shape index (κ1) is 27.4. The van der Waals surface area contributed by atoms with Crippen molar-refractivity contribution in [2.45, 2.75) is 71.1 Å². The molecule has 0 saturated carbocycles. The first-order valence-electron chi connectivity index (χ1n) is 10.9. The number of carbonyl (C=O) groups is 2. The largest absolute Gasteiger partial charge is 0.480 e. The highest BCUT2D eigenvalue weighted by Gasteiger charge is 2.11. The number of carboxylic acid groups (broad SMARTS) is 1. The summed E-state index contributed by atoms with van der Waals surface area (Å²) in [7, 11) is 1.45. The number of rotatable bonds is 16. The third kappa shape index (κ3) is 18.7. The van der Waals surface area contributed by atoms with Gasteiger partial charge in [-0.2, -0.15) is 0 Å². The van der Waals surface area contributed by atoms with E-state index in [1.807, 2.05) is 0 Å².